The molecule has 0 N–H and O–H groups in total. The molecule has 0 aliphatic carbocycles. The predicted molar refractivity (Wildman–Crippen MR) is 11.5 cm³/mol. The summed E-state index contributed by atoms with van der Waals surface area (Å²) in [5.74, 6) is 0. The van der Waals surface area contributed by atoms with E-state index in [1.165, 1.54) is 0 Å². The van der Waals surface area contributed by atoms with Crippen LogP contribution in [0.15, 0.2) is 0 Å². The van der Waals surface area contributed by atoms with Crippen molar-refractivity contribution >= 4 is 48.3 Å². The second-order valence-electron chi connectivity index (χ2n) is 0. The van der Waals surface area contributed by atoms with Crippen LogP contribution >= 0.6 is 0 Å². The van der Waals surface area contributed by atoms with Crippen LogP contribution < -0.4 is 0 Å². The first kappa shape index (κ1) is 29.4. The summed E-state index contributed by atoms with van der Waals surface area (Å²) in [7, 11) is 0. The van der Waals surface area contributed by atoms with E-state index in [9.17, 15) is 0 Å². The monoisotopic (exact) mass is 398 g/mol. The van der Waals surface area contributed by atoms with Gasteiger partial charge in [0.25, 0.3) is 0 Å². The van der Waals surface area contributed by atoms with Crippen LogP contribution in [0.5, 0.6) is 0 Å². The van der Waals surface area contributed by atoms with E-state index in [1.807, 2.05) is 0 Å². The molecule has 0 saturated heterocycles. The summed E-state index contributed by atoms with van der Waals surface area (Å²) in [4.78, 5) is 0. The Bertz CT molecular complexity index is 8.00. The molecule has 24 valence electrons. The van der Waals surface area contributed by atoms with Crippen molar-refractivity contribution < 1.29 is 36.5 Å². The largest absolute Gasteiger partial charge is 0 e. The quantitative estimate of drug-likeness (QED) is 0.472. The van der Waals surface area contributed by atoms with Gasteiger partial charge < -0.3 is 0 Å². The average Bonchev–Trinajstić information content (AvgIpc) is 0. The third-order valence-electron chi connectivity index (χ3n) is 0. The molecule has 4 heavy (non-hydrogen) atoms. The van der Waals surface area contributed by atoms with E-state index in [0.29, 0.717) is 0 Å². The fraction of sp³-hybridized carbons (Fsp3) is 0. The van der Waals surface area contributed by atoms with E-state index in [-0.39, 0.29) is 84.9 Å². The van der Waals surface area contributed by atoms with Crippen LogP contribution in [-0.2, 0) is 36.5 Å². The van der Waals surface area contributed by atoms with Crippen molar-refractivity contribution in [3.8, 4) is 0 Å². The summed E-state index contributed by atoms with van der Waals surface area (Å²) < 4.78 is 0. The van der Waals surface area contributed by atoms with E-state index >= 15 is 0 Å². The van der Waals surface area contributed by atoms with Gasteiger partial charge in [-0.3, -0.25) is 0 Å². The summed E-state index contributed by atoms with van der Waals surface area (Å²) in [6.07, 6.45) is 0. The van der Waals surface area contributed by atoms with Crippen molar-refractivity contribution in [2.45, 2.75) is 0 Å². The normalized spacial score (nSPS) is 0. The molecule has 0 aromatic carbocycles. The van der Waals surface area contributed by atoms with Gasteiger partial charge in [-0.25, -0.2) is 0 Å². The smallest absolute Gasteiger partial charge is 0 e. The maximum absolute atomic E-state index is 0. The van der Waals surface area contributed by atoms with E-state index in [1.54, 1.807) is 0 Å². The van der Waals surface area contributed by atoms with E-state index < -0.39 is 0 Å². The maximum Gasteiger partial charge on any atom is 0 e. The molecule has 0 aliphatic heterocycles. The molecule has 0 spiro atoms. The molecular weight excluding hydrogens is 396 g/mol. The van der Waals surface area contributed by atoms with Gasteiger partial charge in [0.15, 0.2) is 0 Å². The molecule has 0 saturated carbocycles. The molecule has 8 radical (unpaired) electrons. The molecule has 0 nitrogen and oxygen atoms in total. The van der Waals surface area contributed by atoms with Crippen molar-refractivity contribution in [1.82, 2.24) is 0 Å². The first-order valence-corrected chi connectivity index (χ1v) is 0. The van der Waals surface area contributed by atoms with Crippen LogP contribution in [0.1, 0.15) is 0 Å². The number of hydrogen-bond donors (Lipinski definition) is 0. The Morgan fingerprint density at radius 1 is 1.00 bits per heavy atom. The van der Waals surface area contributed by atoms with Crippen molar-refractivity contribution in [2.24, 2.45) is 0 Å². The Kier molecular flexibility index (Phi) is 126. The van der Waals surface area contributed by atoms with Gasteiger partial charge in [0.1, 0.15) is 0 Å². The summed E-state index contributed by atoms with van der Waals surface area (Å²) in [5.41, 5.74) is 0. The van der Waals surface area contributed by atoms with E-state index in [2.05, 4.69) is 0 Å². The third kappa shape index (κ3) is 8.83. The third-order valence-corrected chi connectivity index (χ3v) is 0. The molecule has 0 fully saturated rings. The van der Waals surface area contributed by atoms with Gasteiger partial charge in [-0.2, -0.15) is 0 Å². The summed E-state index contributed by atoms with van der Waals surface area (Å²) >= 11 is 0. The topological polar surface area (TPSA) is 0 Å². The zero-order valence-electron chi connectivity index (χ0n) is 1.68. The Morgan fingerprint density at radius 3 is 1.00 bits per heavy atom. The van der Waals surface area contributed by atoms with Crippen LogP contribution in [0.3, 0.4) is 0 Å². The minimum atomic E-state index is 0. The Morgan fingerprint density at radius 2 is 1.00 bits per heavy atom. The second kappa shape index (κ2) is 17.1. The van der Waals surface area contributed by atoms with Crippen molar-refractivity contribution in [3.63, 3.8) is 0 Å². The second-order valence-corrected chi connectivity index (χ2v) is 0. The van der Waals surface area contributed by atoms with Crippen LogP contribution in [0, 0.1) is 0 Å². The molecule has 0 rings (SSSR count). The van der Waals surface area contributed by atoms with Gasteiger partial charge in [-0.05, 0) is 0 Å². The van der Waals surface area contributed by atoms with Gasteiger partial charge in [-0.15, -0.1) is 0 Å². The molecule has 0 unspecified atom stereocenters. The SMILES string of the molecule is [Mn].[Ru].[Sb].[Sn]. The molecule has 0 bridgehead atoms. The van der Waals surface area contributed by atoms with Crippen LogP contribution in [0.2, 0.25) is 0 Å². The molecular formula is MnRuSbSn. The zero-order chi connectivity index (χ0) is 0. The number of hydrogen-bond acceptors (Lipinski definition) is 0. The van der Waals surface area contributed by atoms with Crippen LogP contribution in [-0.4, -0.2) is 48.3 Å². The molecule has 0 aromatic rings. The first-order valence-electron chi connectivity index (χ1n) is 0. The van der Waals surface area contributed by atoms with Crippen LogP contribution in [0.4, 0.5) is 0 Å². The van der Waals surface area contributed by atoms with Gasteiger partial charge in [0, 0.05) is 84.9 Å². The Labute approximate surface area is 83.5 Å². The molecule has 0 heterocycles. The summed E-state index contributed by atoms with van der Waals surface area (Å²) in [6.45, 7) is 0. The van der Waals surface area contributed by atoms with Crippen LogP contribution in [0.25, 0.3) is 0 Å². The predicted octanol–water partition coefficient (Wildman–Crippen LogP) is -0.767. The van der Waals surface area contributed by atoms with Crippen molar-refractivity contribution in [1.29, 1.82) is 0 Å². The Hall–Kier alpha value is 2.76. The maximum atomic E-state index is 0. The average molecular weight is 396 g/mol. The minimum absolute atomic E-state index is 0. The van der Waals surface area contributed by atoms with Gasteiger partial charge in [0.05, 0.1) is 0 Å². The standard InChI is InChI=1S/Mn.Ru.Sb.Sn. The van der Waals surface area contributed by atoms with E-state index in [0.717, 1.165) is 0 Å². The van der Waals surface area contributed by atoms with E-state index in [4.69, 9.17) is 0 Å². The van der Waals surface area contributed by atoms with Gasteiger partial charge >= 0.3 is 0 Å². The molecule has 0 aromatic heterocycles. The molecule has 0 aliphatic rings. The molecule has 4 heteroatoms. The fourth-order valence-corrected chi connectivity index (χ4v) is 0. The molecule has 0 atom stereocenters. The van der Waals surface area contributed by atoms with Gasteiger partial charge in [-0.1, -0.05) is 0 Å². The first-order chi connectivity index (χ1) is 0. The van der Waals surface area contributed by atoms with Crippen molar-refractivity contribution in [3.05, 3.63) is 0 Å². The zero-order valence-corrected chi connectivity index (χ0v) is 10.0. The minimum Gasteiger partial charge on any atom is 0 e. The summed E-state index contributed by atoms with van der Waals surface area (Å²) in [5, 5.41) is 0. The fourth-order valence-electron chi connectivity index (χ4n) is 0. The summed E-state index contributed by atoms with van der Waals surface area (Å²) in [6, 6.07) is 0. The number of rotatable bonds is 0. The van der Waals surface area contributed by atoms with Gasteiger partial charge in [0.2, 0.25) is 0 Å². The van der Waals surface area contributed by atoms with Crippen molar-refractivity contribution in [2.75, 3.05) is 0 Å². The Balaban J connectivity index is 0. The molecule has 0 amide bonds.